The van der Waals surface area contributed by atoms with Gasteiger partial charge in [-0.15, -0.1) is 0 Å². The first-order valence-electron chi connectivity index (χ1n) is 12.3. The van der Waals surface area contributed by atoms with Gasteiger partial charge in [0.05, 0.1) is 16.9 Å². The van der Waals surface area contributed by atoms with Gasteiger partial charge in [-0.05, 0) is 55.5 Å². The topological polar surface area (TPSA) is 89.6 Å². The van der Waals surface area contributed by atoms with Crippen LogP contribution in [0.4, 0.5) is 16.2 Å². The summed E-state index contributed by atoms with van der Waals surface area (Å²) in [6, 6.07) is 23.7. The van der Waals surface area contributed by atoms with Gasteiger partial charge in [-0.2, -0.15) is 0 Å². The summed E-state index contributed by atoms with van der Waals surface area (Å²) >= 11 is 0. The van der Waals surface area contributed by atoms with Gasteiger partial charge in [-0.25, -0.2) is 4.79 Å². The minimum atomic E-state index is -0.390. The Hall–Kier alpha value is -4.26. The van der Waals surface area contributed by atoms with Crippen molar-refractivity contribution in [3.8, 4) is 17.0 Å². The number of nitrogens with two attached hydrogens (primary N) is 1. The molecule has 1 aliphatic carbocycles. The van der Waals surface area contributed by atoms with Crippen LogP contribution in [0.15, 0.2) is 72.8 Å². The number of hydrogen-bond acceptors (Lipinski definition) is 4. The first-order valence-corrected chi connectivity index (χ1v) is 12.3. The van der Waals surface area contributed by atoms with Crippen molar-refractivity contribution in [3.63, 3.8) is 0 Å². The number of ether oxygens (including phenoxy) is 1. The van der Waals surface area contributed by atoms with Crippen LogP contribution in [-0.2, 0) is 11.2 Å². The van der Waals surface area contributed by atoms with Crippen LogP contribution < -0.4 is 15.8 Å². The minimum Gasteiger partial charge on any atom is -0.410 e. The van der Waals surface area contributed by atoms with Crippen LogP contribution >= 0.6 is 0 Å². The molecule has 1 heterocycles. The van der Waals surface area contributed by atoms with E-state index in [0.717, 1.165) is 47.1 Å². The third-order valence-corrected chi connectivity index (χ3v) is 6.93. The molecule has 3 aromatic carbocycles. The van der Waals surface area contributed by atoms with E-state index >= 15 is 0 Å². The third kappa shape index (κ3) is 4.64. The molecule has 0 spiro atoms. The number of hydrogen-bond donors (Lipinski definition) is 2. The molecule has 0 radical (unpaired) electrons. The third-order valence-electron chi connectivity index (χ3n) is 6.93. The molecule has 7 heteroatoms. The van der Waals surface area contributed by atoms with Crippen molar-refractivity contribution in [1.29, 1.82) is 0 Å². The normalized spacial score (nSPS) is 13.2. The summed E-state index contributed by atoms with van der Waals surface area (Å²) in [5, 5.41) is 3.60. The number of rotatable bonds is 8. The Labute approximate surface area is 210 Å². The number of amides is 2. The number of nitrogens with one attached hydrogen (secondary N) is 1. The Morgan fingerprint density at radius 2 is 1.86 bits per heavy atom. The highest BCUT2D eigenvalue weighted by molar-refractivity contribution is 6.02. The number of aromatic nitrogens is 1. The first kappa shape index (κ1) is 23.5. The monoisotopic (exact) mass is 482 g/mol. The number of carbonyl (C=O) groups excluding carboxylic acids is 2. The van der Waals surface area contributed by atoms with Crippen LogP contribution in [0.1, 0.15) is 30.9 Å². The summed E-state index contributed by atoms with van der Waals surface area (Å²) in [7, 11) is 1.75. The predicted molar refractivity (Wildman–Crippen MR) is 143 cm³/mol. The van der Waals surface area contributed by atoms with Crippen LogP contribution in [0.5, 0.6) is 5.75 Å². The molecular weight excluding hydrogens is 452 g/mol. The van der Waals surface area contributed by atoms with Crippen molar-refractivity contribution < 1.29 is 14.3 Å². The molecule has 4 aromatic rings. The average Bonchev–Trinajstić information content (AvgIpc) is 3.14. The molecule has 2 amide bonds. The van der Waals surface area contributed by atoms with Crippen LogP contribution in [0.2, 0.25) is 0 Å². The summed E-state index contributed by atoms with van der Waals surface area (Å²) in [4.78, 5) is 25.1. The fourth-order valence-corrected chi connectivity index (χ4v) is 4.70. The van der Waals surface area contributed by atoms with E-state index in [9.17, 15) is 9.59 Å². The molecule has 0 atom stereocenters. The van der Waals surface area contributed by atoms with Gasteiger partial charge in [0, 0.05) is 42.3 Å². The molecule has 1 aromatic heterocycles. The lowest BCUT2D eigenvalue weighted by Crippen LogP contribution is -2.31. The number of nitrogen functional groups attached to an aromatic ring is 1. The fourth-order valence-electron chi connectivity index (χ4n) is 4.70. The summed E-state index contributed by atoms with van der Waals surface area (Å²) < 4.78 is 8.03. The minimum absolute atomic E-state index is 0.340. The van der Waals surface area contributed by atoms with Gasteiger partial charge in [-0.3, -0.25) is 4.79 Å². The summed E-state index contributed by atoms with van der Waals surface area (Å²) in [6.45, 7) is 0.565. The van der Waals surface area contributed by atoms with Crippen LogP contribution in [0.25, 0.3) is 22.2 Å². The van der Waals surface area contributed by atoms with Gasteiger partial charge in [-0.1, -0.05) is 42.5 Å². The van der Waals surface area contributed by atoms with Gasteiger partial charge in [0.1, 0.15) is 5.75 Å². The second-order valence-electron chi connectivity index (χ2n) is 9.26. The Bertz CT molecular complexity index is 1380. The number of nitrogens with zero attached hydrogens (tertiary/aromatic N) is 2. The first-order chi connectivity index (χ1) is 17.5. The molecule has 5 rings (SSSR count). The molecule has 7 nitrogen and oxygen atoms in total. The maximum absolute atomic E-state index is 12.8. The molecule has 1 aliphatic rings. The van der Waals surface area contributed by atoms with E-state index in [1.165, 1.54) is 12.0 Å². The second kappa shape index (κ2) is 10.2. The second-order valence-corrected chi connectivity index (χ2v) is 9.26. The quantitative estimate of drug-likeness (QED) is 0.308. The van der Waals surface area contributed by atoms with E-state index in [1.807, 2.05) is 54.6 Å². The number of anilines is 2. The standard InChI is InChI=1S/C29H30N4O3/c1-32(17-16-20-6-3-2-4-7-20)29(35)36-24-14-15-25-26(18-24)33(23-8-5-9-23)28(27(25)30)21-10-12-22(13-11-21)31-19-34/h2-4,6-7,10-15,18-19,23H,5,8-9,16-17,30H2,1H3,(H,31,34). The number of benzene rings is 3. The van der Waals surface area contributed by atoms with Crippen LogP contribution in [0, 0.1) is 0 Å². The molecule has 36 heavy (non-hydrogen) atoms. The van der Waals surface area contributed by atoms with E-state index < -0.39 is 6.09 Å². The largest absolute Gasteiger partial charge is 0.414 e. The van der Waals surface area contributed by atoms with E-state index in [1.54, 1.807) is 18.0 Å². The number of carbonyl (C=O) groups is 2. The smallest absolute Gasteiger partial charge is 0.410 e. The van der Waals surface area contributed by atoms with Gasteiger partial charge < -0.3 is 25.3 Å². The molecule has 0 unspecified atom stereocenters. The van der Waals surface area contributed by atoms with E-state index in [-0.39, 0.29) is 0 Å². The van der Waals surface area contributed by atoms with Gasteiger partial charge in [0.25, 0.3) is 0 Å². The maximum Gasteiger partial charge on any atom is 0.414 e. The fraction of sp³-hybridized carbons (Fsp3) is 0.241. The van der Waals surface area contributed by atoms with Gasteiger partial charge in [0.15, 0.2) is 0 Å². The molecule has 1 saturated carbocycles. The molecule has 1 fully saturated rings. The van der Waals surface area contributed by atoms with Gasteiger partial charge >= 0.3 is 6.09 Å². The summed E-state index contributed by atoms with van der Waals surface area (Å²) in [5.74, 6) is 0.495. The molecule has 3 N–H and O–H groups in total. The van der Waals surface area contributed by atoms with E-state index in [0.29, 0.717) is 30.4 Å². The van der Waals surface area contributed by atoms with Crippen molar-refractivity contribution in [2.45, 2.75) is 31.7 Å². The van der Waals surface area contributed by atoms with Crippen molar-refractivity contribution >= 4 is 34.8 Å². The lowest BCUT2D eigenvalue weighted by atomic mass is 9.92. The van der Waals surface area contributed by atoms with Crippen molar-refractivity contribution in [2.24, 2.45) is 0 Å². The molecular formula is C29H30N4O3. The highest BCUT2D eigenvalue weighted by atomic mass is 16.6. The lowest BCUT2D eigenvalue weighted by molar-refractivity contribution is -0.105. The zero-order valence-electron chi connectivity index (χ0n) is 20.3. The summed E-state index contributed by atoms with van der Waals surface area (Å²) in [6.07, 6.45) is 4.36. The lowest BCUT2D eigenvalue weighted by Gasteiger charge is -2.30. The molecule has 0 bridgehead atoms. The molecule has 0 saturated heterocycles. The Morgan fingerprint density at radius 3 is 2.53 bits per heavy atom. The van der Waals surface area contributed by atoms with Crippen LogP contribution in [-0.4, -0.2) is 35.6 Å². The van der Waals surface area contributed by atoms with Crippen LogP contribution in [0.3, 0.4) is 0 Å². The Morgan fingerprint density at radius 1 is 1.11 bits per heavy atom. The van der Waals surface area contributed by atoms with Crippen molar-refractivity contribution in [1.82, 2.24) is 9.47 Å². The summed E-state index contributed by atoms with van der Waals surface area (Å²) in [5.41, 5.74) is 12.2. The zero-order valence-corrected chi connectivity index (χ0v) is 20.3. The van der Waals surface area contributed by atoms with E-state index in [2.05, 4.69) is 22.0 Å². The number of likely N-dealkylation sites (N-methyl/N-ethyl adjacent to an activating group) is 1. The number of fused-ring (bicyclic) bond motifs is 1. The zero-order chi connectivity index (χ0) is 25.1. The van der Waals surface area contributed by atoms with Gasteiger partial charge in [0.2, 0.25) is 6.41 Å². The average molecular weight is 483 g/mol. The Kier molecular flexibility index (Phi) is 6.62. The maximum atomic E-state index is 12.8. The SMILES string of the molecule is CN(CCc1ccccc1)C(=O)Oc1ccc2c(N)c(-c3ccc(NC=O)cc3)n(C3CCC3)c2c1. The van der Waals surface area contributed by atoms with E-state index in [4.69, 9.17) is 10.5 Å². The van der Waals surface area contributed by atoms with Crippen molar-refractivity contribution in [2.75, 3.05) is 24.6 Å². The highest BCUT2D eigenvalue weighted by Crippen LogP contribution is 2.44. The van der Waals surface area contributed by atoms with Crippen molar-refractivity contribution in [3.05, 3.63) is 78.4 Å². The Balaban J connectivity index is 1.42. The predicted octanol–water partition coefficient (Wildman–Crippen LogP) is 5.86. The highest BCUT2D eigenvalue weighted by Gasteiger charge is 2.27. The molecule has 184 valence electrons. The molecule has 0 aliphatic heterocycles.